The van der Waals surface area contributed by atoms with Crippen LogP contribution in [-0.4, -0.2) is 35.2 Å². The largest absolute Gasteiger partial charge is 0.477 e. The number of H-pyrrole nitrogens is 1. The lowest BCUT2D eigenvalue weighted by atomic mass is 10.0. The summed E-state index contributed by atoms with van der Waals surface area (Å²) in [6, 6.07) is 9.60. The Balaban J connectivity index is 1.95. The monoisotopic (exact) mass is 327 g/mol. The van der Waals surface area contributed by atoms with Crippen LogP contribution in [0.15, 0.2) is 35.1 Å². The van der Waals surface area contributed by atoms with Gasteiger partial charge in [0.15, 0.2) is 0 Å². The molecular weight excluding hydrogens is 306 g/mol. The number of carbonyl (C=O) groups is 1. The molecule has 4 N–H and O–H groups in total. The van der Waals surface area contributed by atoms with Crippen molar-refractivity contribution in [2.45, 2.75) is 25.8 Å². The summed E-state index contributed by atoms with van der Waals surface area (Å²) >= 11 is 0. The van der Waals surface area contributed by atoms with Crippen LogP contribution >= 0.6 is 0 Å². The van der Waals surface area contributed by atoms with E-state index in [0.717, 1.165) is 36.3 Å². The highest BCUT2D eigenvalue weighted by Crippen LogP contribution is 2.26. The molecule has 1 aliphatic rings. The lowest BCUT2D eigenvalue weighted by Crippen LogP contribution is -2.26. The van der Waals surface area contributed by atoms with Crippen LogP contribution in [0.2, 0.25) is 0 Å². The third kappa shape index (κ3) is 3.05. The lowest BCUT2D eigenvalue weighted by Gasteiger charge is -2.18. The Hall–Kier alpha value is -2.60. The molecule has 1 saturated heterocycles. The van der Waals surface area contributed by atoms with Crippen molar-refractivity contribution in [2.24, 2.45) is 5.73 Å². The number of aromatic amines is 1. The molecule has 1 aromatic heterocycles. The van der Waals surface area contributed by atoms with Crippen LogP contribution in [0.4, 0.5) is 5.69 Å². The first-order valence-electron chi connectivity index (χ1n) is 8.10. The minimum Gasteiger partial charge on any atom is -0.477 e. The molecule has 24 heavy (non-hydrogen) atoms. The van der Waals surface area contributed by atoms with Crippen LogP contribution in [0.5, 0.6) is 0 Å². The Morgan fingerprint density at radius 2 is 2.08 bits per heavy atom. The number of anilines is 1. The van der Waals surface area contributed by atoms with Gasteiger partial charge in [0.1, 0.15) is 5.56 Å². The molecule has 0 aliphatic carbocycles. The van der Waals surface area contributed by atoms with Gasteiger partial charge in [0, 0.05) is 24.8 Å². The summed E-state index contributed by atoms with van der Waals surface area (Å²) in [5, 5.41) is 9.09. The molecule has 2 aromatic rings. The van der Waals surface area contributed by atoms with E-state index in [1.165, 1.54) is 6.07 Å². The Labute approximate surface area is 139 Å². The molecule has 6 nitrogen and oxygen atoms in total. The third-order valence-corrected chi connectivity index (χ3v) is 4.48. The van der Waals surface area contributed by atoms with E-state index < -0.39 is 11.5 Å². The summed E-state index contributed by atoms with van der Waals surface area (Å²) < 4.78 is 0. The number of carboxylic acids is 1. The van der Waals surface area contributed by atoms with Gasteiger partial charge in [0.05, 0.1) is 5.69 Å². The van der Waals surface area contributed by atoms with Crippen molar-refractivity contribution < 1.29 is 9.90 Å². The van der Waals surface area contributed by atoms with E-state index in [9.17, 15) is 9.59 Å². The number of aromatic nitrogens is 1. The normalized spacial score (nSPS) is 17.2. The molecule has 1 unspecified atom stereocenters. The molecular formula is C18H21N3O3. The summed E-state index contributed by atoms with van der Waals surface area (Å²) in [6.07, 6.45) is 1.63. The number of rotatable bonds is 4. The van der Waals surface area contributed by atoms with E-state index in [0.29, 0.717) is 12.1 Å². The van der Waals surface area contributed by atoms with Gasteiger partial charge in [0.25, 0.3) is 5.56 Å². The first kappa shape index (κ1) is 16.3. The number of benzene rings is 1. The van der Waals surface area contributed by atoms with Gasteiger partial charge in [-0.3, -0.25) is 4.79 Å². The van der Waals surface area contributed by atoms with Gasteiger partial charge in [-0.1, -0.05) is 19.1 Å². The third-order valence-electron chi connectivity index (χ3n) is 4.48. The highest BCUT2D eigenvalue weighted by molar-refractivity contribution is 5.88. The molecule has 126 valence electrons. The molecule has 1 atom stereocenters. The fourth-order valence-electron chi connectivity index (χ4n) is 3.13. The zero-order valence-electron chi connectivity index (χ0n) is 13.6. The average molecular weight is 327 g/mol. The minimum absolute atomic E-state index is 0.219. The maximum Gasteiger partial charge on any atom is 0.341 e. The number of nitrogens with one attached hydrogen (secondary N) is 1. The molecule has 2 heterocycles. The zero-order chi connectivity index (χ0) is 17.3. The van der Waals surface area contributed by atoms with Crippen LogP contribution in [0.25, 0.3) is 11.3 Å². The summed E-state index contributed by atoms with van der Waals surface area (Å²) in [5.74, 6) is -1.21. The van der Waals surface area contributed by atoms with Crippen molar-refractivity contribution in [3.8, 4) is 11.3 Å². The first-order valence-corrected chi connectivity index (χ1v) is 8.10. The van der Waals surface area contributed by atoms with Crippen molar-refractivity contribution in [2.75, 3.05) is 18.0 Å². The van der Waals surface area contributed by atoms with Crippen LogP contribution in [-0.2, 0) is 6.42 Å². The molecule has 0 radical (unpaired) electrons. The fraction of sp³-hybridized carbons (Fsp3) is 0.333. The fourth-order valence-corrected chi connectivity index (χ4v) is 3.13. The van der Waals surface area contributed by atoms with Gasteiger partial charge < -0.3 is 20.7 Å². The van der Waals surface area contributed by atoms with Crippen molar-refractivity contribution in [1.82, 2.24) is 4.98 Å². The number of carboxylic acid groups (broad SMARTS) is 1. The molecule has 0 saturated carbocycles. The first-order chi connectivity index (χ1) is 11.5. The summed E-state index contributed by atoms with van der Waals surface area (Å²) in [6.45, 7) is 3.73. The Bertz CT molecular complexity index is 811. The molecule has 1 aromatic carbocycles. The maximum atomic E-state index is 12.0. The van der Waals surface area contributed by atoms with Crippen molar-refractivity contribution in [1.29, 1.82) is 0 Å². The molecule has 3 rings (SSSR count). The number of pyridine rings is 1. The van der Waals surface area contributed by atoms with Gasteiger partial charge in [-0.15, -0.1) is 0 Å². The van der Waals surface area contributed by atoms with E-state index in [1.54, 1.807) is 0 Å². The van der Waals surface area contributed by atoms with E-state index >= 15 is 0 Å². The van der Waals surface area contributed by atoms with E-state index in [4.69, 9.17) is 10.8 Å². The quantitative estimate of drug-likeness (QED) is 0.796. The van der Waals surface area contributed by atoms with Gasteiger partial charge in [-0.25, -0.2) is 4.79 Å². The van der Waals surface area contributed by atoms with E-state index in [2.05, 4.69) is 9.88 Å². The van der Waals surface area contributed by atoms with E-state index in [-0.39, 0.29) is 11.6 Å². The topological polar surface area (TPSA) is 99.4 Å². The second kappa shape index (κ2) is 6.49. The van der Waals surface area contributed by atoms with Gasteiger partial charge in [-0.05, 0) is 42.2 Å². The van der Waals surface area contributed by atoms with Crippen molar-refractivity contribution >= 4 is 11.7 Å². The molecule has 0 amide bonds. The van der Waals surface area contributed by atoms with Crippen LogP contribution in [0, 0.1) is 0 Å². The predicted octanol–water partition coefficient (Wildman–Crippen LogP) is 1.84. The van der Waals surface area contributed by atoms with Gasteiger partial charge >= 0.3 is 5.97 Å². The van der Waals surface area contributed by atoms with Gasteiger partial charge in [-0.2, -0.15) is 0 Å². The predicted molar refractivity (Wildman–Crippen MR) is 93.6 cm³/mol. The van der Waals surface area contributed by atoms with Crippen LogP contribution in [0.1, 0.15) is 29.3 Å². The van der Waals surface area contributed by atoms with E-state index in [1.807, 2.05) is 31.2 Å². The SMILES string of the molecule is CCc1cc(C(=O)O)c(=O)[nH]c1-c1ccc(N2CCC(N)C2)cc1. The number of aryl methyl sites for hydroxylation is 1. The number of nitrogens with two attached hydrogens (primary N) is 1. The standard InChI is InChI=1S/C18H21N3O3/c1-2-11-9-15(18(23)24)17(22)20-16(11)12-3-5-14(6-4-12)21-8-7-13(19)10-21/h3-6,9,13H,2,7-8,10,19H2,1H3,(H,20,22)(H,23,24). The maximum absolute atomic E-state index is 12.0. The van der Waals surface area contributed by atoms with Gasteiger partial charge in [0.2, 0.25) is 0 Å². The Morgan fingerprint density at radius 3 is 2.62 bits per heavy atom. The Morgan fingerprint density at radius 1 is 1.38 bits per heavy atom. The van der Waals surface area contributed by atoms with Crippen molar-refractivity contribution in [3.05, 3.63) is 51.8 Å². The molecule has 0 spiro atoms. The number of nitrogens with zero attached hydrogens (tertiary/aromatic N) is 1. The smallest absolute Gasteiger partial charge is 0.341 e. The average Bonchev–Trinajstić information content (AvgIpc) is 3.01. The molecule has 6 heteroatoms. The molecule has 1 aliphatic heterocycles. The number of hydrogen-bond donors (Lipinski definition) is 3. The lowest BCUT2D eigenvalue weighted by molar-refractivity contribution is 0.0695. The summed E-state index contributed by atoms with van der Waals surface area (Å²) in [7, 11) is 0. The summed E-state index contributed by atoms with van der Waals surface area (Å²) in [4.78, 5) is 28.1. The summed E-state index contributed by atoms with van der Waals surface area (Å²) in [5.41, 5.74) is 8.60. The highest BCUT2D eigenvalue weighted by atomic mass is 16.4. The minimum atomic E-state index is -1.21. The second-order valence-corrected chi connectivity index (χ2v) is 6.11. The number of hydrogen-bond acceptors (Lipinski definition) is 4. The molecule has 1 fully saturated rings. The zero-order valence-corrected chi connectivity index (χ0v) is 13.6. The Kier molecular flexibility index (Phi) is 4.40. The number of aromatic carboxylic acids is 1. The molecule has 0 bridgehead atoms. The van der Waals surface area contributed by atoms with Crippen molar-refractivity contribution in [3.63, 3.8) is 0 Å². The second-order valence-electron chi connectivity index (χ2n) is 6.11. The van der Waals surface area contributed by atoms with Crippen LogP contribution < -0.4 is 16.2 Å². The van der Waals surface area contributed by atoms with Crippen LogP contribution in [0.3, 0.4) is 0 Å². The highest BCUT2D eigenvalue weighted by Gasteiger charge is 2.19.